The van der Waals surface area contributed by atoms with Crippen LogP contribution in [0.25, 0.3) is 0 Å². The molecular formula is C7H3F5O3S. The molecule has 0 heterocycles. The first-order chi connectivity index (χ1) is 7.09. The highest BCUT2D eigenvalue weighted by Crippen LogP contribution is 2.31. The fourth-order valence-electron chi connectivity index (χ4n) is 0.888. The van der Waals surface area contributed by atoms with Crippen LogP contribution in [0.1, 0.15) is 0 Å². The zero-order valence-electron chi connectivity index (χ0n) is 7.25. The minimum Gasteiger partial charge on any atom is -0.404 e. The molecular weight excluding hydrogens is 259 g/mol. The maximum atomic E-state index is 12.5. The molecule has 90 valence electrons. The van der Waals surface area contributed by atoms with Gasteiger partial charge in [-0.25, -0.2) is 4.39 Å². The topological polar surface area (TPSA) is 43.4 Å². The summed E-state index contributed by atoms with van der Waals surface area (Å²) in [6.07, 6.45) is -5.24. The van der Waals surface area contributed by atoms with Crippen molar-refractivity contribution in [3.05, 3.63) is 24.0 Å². The van der Waals surface area contributed by atoms with E-state index in [0.29, 0.717) is 12.1 Å². The zero-order chi connectivity index (χ0) is 12.6. The Balaban J connectivity index is 3.30. The molecule has 0 saturated heterocycles. The highest BCUT2D eigenvalue weighted by atomic mass is 32.3. The maximum absolute atomic E-state index is 12.5. The molecule has 0 spiro atoms. The molecule has 0 atom stereocenters. The monoisotopic (exact) mass is 262 g/mol. The molecule has 0 fully saturated rings. The van der Waals surface area contributed by atoms with Gasteiger partial charge in [0.25, 0.3) is 0 Å². The highest BCUT2D eigenvalue weighted by molar-refractivity contribution is 7.86. The van der Waals surface area contributed by atoms with Crippen LogP contribution in [0.15, 0.2) is 23.1 Å². The van der Waals surface area contributed by atoms with Gasteiger partial charge in [0.1, 0.15) is 10.7 Å². The van der Waals surface area contributed by atoms with E-state index in [1.807, 2.05) is 0 Å². The molecule has 0 radical (unpaired) electrons. The smallest absolute Gasteiger partial charge is 0.404 e. The van der Waals surface area contributed by atoms with E-state index in [2.05, 4.69) is 4.74 Å². The molecule has 0 aliphatic carbocycles. The van der Waals surface area contributed by atoms with Gasteiger partial charge in [-0.15, -0.1) is 17.1 Å². The van der Waals surface area contributed by atoms with Crippen LogP contribution in [0.3, 0.4) is 0 Å². The third-order valence-electron chi connectivity index (χ3n) is 1.39. The number of halogens is 5. The molecule has 0 aromatic heterocycles. The van der Waals surface area contributed by atoms with Gasteiger partial charge in [-0.05, 0) is 12.1 Å². The number of hydrogen-bond acceptors (Lipinski definition) is 3. The Kier molecular flexibility index (Phi) is 3.08. The van der Waals surface area contributed by atoms with Crippen LogP contribution in [-0.4, -0.2) is 14.8 Å². The van der Waals surface area contributed by atoms with E-state index < -0.39 is 33.0 Å². The first-order valence-corrected chi connectivity index (χ1v) is 4.98. The lowest BCUT2D eigenvalue weighted by molar-refractivity contribution is -0.275. The van der Waals surface area contributed by atoms with Crippen molar-refractivity contribution >= 4 is 10.2 Å². The van der Waals surface area contributed by atoms with E-state index >= 15 is 0 Å². The third-order valence-corrected chi connectivity index (χ3v) is 2.26. The quantitative estimate of drug-likeness (QED) is 0.607. The largest absolute Gasteiger partial charge is 0.573 e. The van der Waals surface area contributed by atoms with Gasteiger partial charge in [-0.1, -0.05) is 0 Å². The summed E-state index contributed by atoms with van der Waals surface area (Å²) in [5, 5.41) is 0. The summed E-state index contributed by atoms with van der Waals surface area (Å²) in [5.41, 5.74) is 0. The Hall–Kier alpha value is -1.38. The lowest BCUT2D eigenvalue weighted by atomic mass is 10.3. The fourth-order valence-corrected chi connectivity index (χ4v) is 1.46. The predicted octanol–water partition coefficient (Wildman–Crippen LogP) is 2.38. The van der Waals surface area contributed by atoms with Gasteiger partial charge in [0, 0.05) is 6.07 Å². The summed E-state index contributed by atoms with van der Waals surface area (Å²) < 4.78 is 84.4. The molecule has 1 aromatic rings. The third kappa shape index (κ3) is 3.33. The normalized spacial score (nSPS) is 12.6. The second-order valence-corrected chi connectivity index (χ2v) is 3.89. The van der Waals surface area contributed by atoms with Gasteiger partial charge in [0.05, 0.1) is 0 Å². The molecule has 0 aliphatic rings. The first-order valence-electron chi connectivity index (χ1n) is 3.59. The van der Waals surface area contributed by atoms with Crippen LogP contribution < -0.4 is 4.74 Å². The summed E-state index contributed by atoms with van der Waals surface area (Å²) in [7, 11) is -5.41. The summed E-state index contributed by atoms with van der Waals surface area (Å²) in [6, 6.07) is 0.960. The zero-order valence-corrected chi connectivity index (χ0v) is 8.07. The van der Waals surface area contributed by atoms with E-state index in [-0.39, 0.29) is 6.07 Å². The molecule has 1 aromatic carbocycles. The van der Waals surface area contributed by atoms with Gasteiger partial charge in [0.2, 0.25) is 0 Å². The van der Waals surface area contributed by atoms with Crippen LogP contribution >= 0.6 is 0 Å². The lowest BCUT2D eigenvalue weighted by Gasteiger charge is -2.10. The van der Waals surface area contributed by atoms with Crippen molar-refractivity contribution in [1.29, 1.82) is 0 Å². The maximum Gasteiger partial charge on any atom is 0.573 e. The van der Waals surface area contributed by atoms with Crippen molar-refractivity contribution in [1.82, 2.24) is 0 Å². The van der Waals surface area contributed by atoms with Crippen molar-refractivity contribution in [2.45, 2.75) is 11.3 Å². The van der Waals surface area contributed by atoms with E-state index in [1.54, 1.807) is 0 Å². The molecule has 0 bridgehead atoms. The van der Waals surface area contributed by atoms with Gasteiger partial charge >= 0.3 is 16.6 Å². The Labute approximate surface area is 86.7 Å². The summed E-state index contributed by atoms with van der Waals surface area (Å²) in [5.74, 6) is -2.64. The predicted molar refractivity (Wildman–Crippen MR) is 41.4 cm³/mol. The standard InChI is InChI=1S/C7H3F5O3S/c8-4-1-2-6(16(12,13)14)5(3-4)15-7(9,10)11/h1-3H. The Morgan fingerprint density at radius 1 is 1.19 bits per heavy atom. The molecule has 0 aliphatic heterocycles. The highest BCUT2D eigenvalue weighted by Gasteiger charge is 2.34. The molecule has 1 rings (SSSR count). The molecule has 0 saturated carbocycles. The van der Waals surface area contributed by atoms with Crippen molar-refractivity contribution in [3.8, 4) is 5.75 Å². The molecule has 0 unspecified atom stereocenters. The molecule has 3 nitrogen and oxygen atoms in total. The SMILES string of the molecule is O=S(=O)(F)c1ccc(F)cc1OC(F)(F)F. The lowest BCUT2D eigenvalue weighted by Crippen LogP contribution is -2.18. The fraction of sp³-hybridized carbons (Fsp3) is 0.143. The number of alkyl halides is 3. The van der Waals surface area contributed by atoms with Crippen LogP contribution in [-0.2, 0) is 10.2 Å². The average Bonchev–Trinajstić information content (AvgIpc) is 1.97. The summed E-state index contributed by atoms with van der Waals surface area (Å²) in [4.78, 5) is -1.38. The summed E-state index contributed by atoms with van der Waals surface area (Å²) in [6.45, 7) is 0. The number of hydrogen-bond donors (Lipinski definition) is 0. The van der Waals surface area contributed by atoms with Crippen molar-refractivity contribution < 1.29 is 34.6 Å². The van der Waals surface area contributed by atoms with E-state index in [0.717, 1.165) is 0 Å². The molecule has 0 N–H and O–H groups in total. The number of benzene rings is 1. The average molecular weight is 262 g/mol. The van der Waals surface area contributed by atoms with E-state index in [9.17, 15) is 29.9 Å². The molecule has 0 amide bonds. The minimum absolute atomic E-state index is 0.125. The number of rotatable bonds is 2. The minimum atomic E-state index is -5.41. The van der Waals surface area contributed by atoms with E-state index in [4.69, 9.17) is 0 Å². The van der Waals surface area contributed by atoms with Gasteiger partial charge in [-0.2, -0.15) is 8.42 Å². The van der Waals surface area contributed by atoms with Crippen LogP contribution in [0.4, 0.5) is 21.4 Å². The second kappa shape index (κ2) is 3.89. The summed E-state index contributed by atoms with van der Waals surface area (Å²) >= 11 is 0. The van der Waals surface area contributed by atoms with Crippen molar-refractivity contribution in [2.75, 3.05) is 0 Å². The van der Waals surface area contributed by atoms with Gasteiger partial charge < -0.3 is 4.74 Å². The van der Waals surface area contributed by atoms with Gasteiger partial charge in [-0.3, -0.25) is 0 Å². The van der Waals surface area contributed by atoms with Crippen LogP contribution in [0.2, 0.25) is 0 Å². The van der Waals surface area contributed by atoms with Crippen LogP contribution in [0.5, 0.6) is 5.75 Å². The van der Waals surface area contributed by atoms with Crippen molar-refractivity contribution in [3.63, 3.8) is 0 Å². The Bertz CT molecular complexity index is 493. The van der Waals surface area contributed by atoms with Crippen molar-refractivity contribution in [2.24, 2.45) is 0 Å². The Morgan fingerprint density at radius 3 is 2.19 bits per heavy atom. The first kappa shape index (κ1) is 12.7. The number of ether oxygens (including phenoxy) is 1. The van der Waals surface area contributed by atoms with Crippen LogP contribution in [0, 0.1) is 5.82 Å². The Morgan fingerprint density at radius 2 is 1.75 bits per heavy atom. The molecule has 16 heavy (non-hydrogen) atoms. The van der Waals surface area contributed by atoms with Gasteiger partial charge in [0.15, 0.2) is 5.75 Å². The van der Waals surface area contributed by atoms with E-state index in [1.165, 1.54) is 0 Å². The second-order valence-electron chi connectivity index (χ2n) is 2.58. The molecule has 9 heteroatoms.